The summed E-state index contributed by atoms with van der Waals surface area (Å²) in [7, 11) is 0. The lowest BCUT2D eigenvalue weighted by Gasteiger charge is -2.61. The van der Waals surface area contributed by atoms with Gasteiger partial charge in [0.15, 0.2) is 0 Å². The third-order valence-electron chi connectivity index (χ3n) is 10.3. The van der Waals surface area contributed by atoms with Gasteiger partial charge in [0.1, 0.15) is 0 Å². The summed E-state index contributed by atoms with van der Waals surface area (Å²) in [5.41, 5.74) is 0.691. The van der Waals surface area contributed by atoms with Gasteiger partial charge in [-0.05, 0) is 111 Å². The molecule has 0 aromatic rings. The van der Waals surface area contributed by atoms with Gasteiger partial charge in [-0.15, -0.1) is 0 Å². The molecular weight excluding hydrogens is 345 g/mol. The highest BCUT2D eigenvalue weighted by atomic mass is 19.4. The van der Waals surface area contributed by atoms with E-state index >= 15 is 0 Å². The lowest BCUT2D eigenvalue weighted by Crippen LogP contribution is -2.53. The van der Waals surface area contributed by atoms with Crippen LogP contribution in [0.3, 0.4) is 0 Å². The SMILES string of the molecule is CC[C@H]1CC[C@]2(C)C3CC[C@]4(C)C(CCC(F)(F)F)CCC4[C@@H]3CC[C@@H]2C1. The van der Waals surface area contributed by atoms with Gasteiger partial charge < -0.3 is 0 Å². The second kappa shape index (κ2) is 6.94. The van der Waals surface area contributed by atoms with Crippen molar-refractivity contribution in [2.24, 2.45) is 46.3 Å². The Balaban J connectivity index is 1.49. The molecule has 0 aromatic heterocycles. The zero-order chi connectivity index (χ0) is 19.4. The van der Waals surface area contributed by atoms with Gasteiger partial charge in [-0.3, -0.25) is 0 Å². The van der Waals surface area contributed by atoms with E-state index in [1.165, 1.54) is 57.8 Å². The van der Waals surface area contributed by atoms with Crippen molar-refractivity contribution < 1.29 is 13.2 Å². The minimum atomic E-state index is -3.99. The Morgan fingerprint density at radius 1 is 0.852 bits per heavy atom. The summed E-state index contributed by atoms with van der Waals surface area (Å²) >= 11 is 0. The van der Waals surface area contributed by atoms with Crippen LogP contribution in [0.15, 0.2) is 0 Å². The van der Waals surface area contributed by atoms with Crippen LogP contribution < -0.4 is 0 Å². The Kier molecular flexibility index (Phi) is 5.16. The molecule has 3 heteroatoms. The number of fused-ring (bicyclic) bond motifs is 5. The fraction of sp³-hybridized carbons (Fsp3) is 1.00. The summed E-state index contributed by atoms with van der Waals surface area (Å²) < 4.78 is 38.5. The van der Waals surface area contributed by atoms with Crippen molar-refractivity contribution in [3.63, 3.8) is 0 Å². The molecule has 156 valence electrons. The van der Waals surface area contributed by atoms with Crippen LogP contribution in [0.25, 0.3) is 0 Å². The number of halogens is 3. The molecule has 4 aliphatic carbocycles. The highest BCUT2D eigenvalue weighted by molar-refractivity contribution is 5.09. The Bertz CT molecular complexity index is 540. The molecule has 4 aliphatic rings. The Hall–Kier alpha value is -0.210. The molecule has 0 N–H and O–H groups in total. The van der Waals surface area contributed by atoms with E-state index in [0.717, 1.165) is 30.1 Å². The molecule has 0 spiro atoms. The normalized spacial score (nSPS) is 50.0. The topological polar surface area (TPSA) is 0 Å². The van der Waals surface area contributed by atoms with Crippen molar-refractivity contribution in [3.8, 4) is 0 Å². The summed E-state index contributed by atoms with van der Waals surface area (Å²) in [6, 6.07) is 0. The summed E-state index contributed by atoms with van der Waals surface area (Å²) in [6.45, 7) is 7.31. The first-order valence-electron chi connectivity index (χ1n) is 11.7. The van der Waals surface area contributed by atoms with Gasteiger partial charge in [0.25, 0.3) is 0 Å². The van der Waals surface area contributed by atoms with E-state index in [2.05, 4.69) is 20.8 Å². The third kappa shape index (κ3) is 3.37. The van der Waals surface area contributed by atoms with E-state index in [0.29, 0.717) is 23.7 Å². The second-order valence-electron chi connectivity index (χ2n) is 11.2. The molecule has 27 heavy (non-hydrogen) atoms. The monoisotopic (exact) mass is 384 g/mol. The van der Waals surface area contributed by atoms with Crippen molar-refractivity contribution in [3.05, 3.63) is 0 Å². The highest BCUT2D eigenvalue weighted by Crippen LogP contribution is 2.68. The van der Waals surface area contributed by atoms with Gasteiger partial charge in [0.05, 0.1) is 0 Å². The molecule has 0 bridgehead atoms. The van der Waals surface area contributed by atoms with Gasteiger partial charge in [0.2, 0.25) is 0 Å². The van der Waals surface area contributed by atoms with Crippen LogP contribution in [0, 0.1) is 46.3 Å². The predicted molar refractivity (Wildman–Crippen MR) is 104 cm³/mol. The number of rotatable bonds is 3. The number of hydrogen-bond donors (Lipinski definition) is 0. The van der Waals surface area contributed by atoms with Crippen molar-refractivity contribution in [1.82, 2.24) is 0 Å². The van der Waals surface area contributed by atoms with Gasteiger partial charge in [-0.1, -0.05) is 27.2 Å². The molecule has 0 nitrogen and oxygen atoms in total. The Morgan fingerprint density at radius 3 is 2.26 bits per heavy atom. The quantitative estimate of drug-likeness (QED) is 0.462. The molecule has 0 heterocycles. The van der Waals surface area contributed by atoms with Crippen LogP contribution in [-0.2, 0) is 0 Å². The van der Waals surface area contributed by atoms with E-state index < -0.39 is 12.6 Å². The van der Waals surface area contributed by atoms with E-state index in [1.54, 1.807) is 0 Å². The molecule has 8 atom stereocenters. The third-order valence-corrected chi connectivity index (χ3v) is 10.3. The lowest BCUT2D eigenvalue weighted by molar-refractivity contribution is -0.144. The van der Waals surface area contributed by atoms with Crippen molar-refractivity contribution in [2.45, 2.75) is 104 Å². The number of alkyl halides is 3. The Labute approximate surface area is 164 Å². The molecule has 0 aromatic carbocycles. The zero-order valence-electron chi connectivity index (χ0n) is 17.6. The number of hydrogen-bond acceptors (Lipinski definition) is 0. The molecule has 0 aliphatic heterocycles. The van der Waals surface area contributed by atoms with Crippen LogP contribution in [0.5, 0.6) is 0 Å². The van der Waals surface area contributed by atoms with E-state index in [9.17, 15) is 13.2 Å². The first kappa shape index (κ1) is 20.1. The van der Waals surface area contributed by atoms with Crippen molar-refractivity contribution in [2.75, 3.05) is 0 Å². The van der Waals surface area contributed by atoms with E-state index in [4.69, 9.17) is 0 Å². The molecule has 0 amide bonds. The molecule has 4 saturated carbocycles. The smallest absolute Gasteiger partial charge is 0.171 e. The molecule has 0 radical (unpaired) electrons. The van der Waals surface area contributed by atoms with Crippen LogP contribution >= 0.6 is 0 Å². The lowest BCUT2D eigenvalue weighted by atomic mass is 9.44. The average molecular weight is 385 g/mol. The van der Waals surface area contributed by atoms with E-state index in [-0.39, 0.29) is 5.41 Å². The Morgan fingerprint density at radius 2 is 1.56 bits per heavy atom. The molecular formula is C24H39F3. The molecule has 3 unspecified atom stereocenters. The molecule has 0 saturated heterocycles. The summed E-state index contributed by atoms with van der Waals surface area (Å²) in [4.78, 5) is 0. The standard InChI is InChI=1S/C24H39F3/c1-4-16-9-12-23(3)18(15-16)5-7-19-20-8-6-17(10-14-24(25,26)27)22(20,2)13-11-21(19)23/h16-21H,4-15H2,1-3H3/t16-,17?,18+,19-,20?,21?,22+,23-/m0/s1. The van der Waals surface area contributed by atoms with Crippen molar-refractivity contribution >= 4 is 0 Å². The minimum absolute atomic E-state index is 0.177. The first-order valence-corrected chi connectivity index (χ1v) is 11.7. The fourth-order valence-corrected chi connectivity index (χ4v) is 8.64. The van der Waals surface area contributed by atoms with Crippen molar-refractivity contribution in [1.29, 1.82) is 0 Å². The summed E-state index contributed by atoms with van der Waals surface area (Å²) in [5.74, 6) is 4.46. The van der Waals surface area contributed by atoms with Gasteiger partial charge in [-0.2, -0.15) is 13.2 Å². The van der Waals surface area contributed by atoms with Gasteiger partial charge in [0, 0.05) is 6.42 Å². The maximum atomic E-state index is 12.8. The predicted octanol–water partition coefficient (Wildman–Crippen LogP) is 8.01. The van der Waals surface area contributed by atoms with Crippen LogP contribution in [-0.4, -0.2) is 6.18 Å². The van der Waals surface area contributed by atoms with Gasteiger partial charge in [-0.25, -0.2) is 0 Å². The average Bonchev–Trinajstić information content (AvgIpc) is 2.95. The molecule has 4 fully saturated rings. The highest BCUT2D eigenvalue weighted by Gasteiger charge is 2.60. The van der Waals surface area contributed by atoms with Crippen LogP contribution in [0.4, 0.5) is 13.2 Å². The van der Waals surface area contributed by atoms with Gasteiger partial charge >= 0.3 is 6.18 Å². The summed E-state index contributed by atoms with van der Waals surface area (Å²) in [6.07, 6.45) is 8.81. The molecule has 4 rings (SSSR count). The van der Waals surface area contributed by atoms with E-state index in [1.807, 2.05) is 0 Å². The fourth-order valence-electron chi connectivity index (χ4n) is 8.64. The van der Waals surface area contributed by atoms with Crippen LogP contribution in [0.2, 0.25) is 0 Å². The zero-order valence-corrected chi connectivity index (χ0v) is 17.6. The first-order chi connectivity index (χ1) is 12.7. The summed E-state index contributed by atoms with van der Waals surface area (Å²) in [5, 5.41) is 0. The maximum absolute atomic E-state index is 12.8. The largest absolute Gasteiger partial charge is 0.389 e. The minimum Gasteiger partial charge on any atom is -0.171 e. The second-order valence-corrected chi connectivity index (χ2v) is 11.2. The van der Waals surface area contributed by atoms with Crippen LogP contribution in [0.1, 0.15) is 97.8 Å². The maximum Gasteiger partial charge on any atom is 0.389 e.